The van der Waals surface area contributed by atoms with Crippen molar-refractivity contribution in [3.63, 3.8) is 0 Å². The molecule has 2 aromatic carbocycles. The van der Waals surface area contributed by atoms with Gasteiger partial charge in [-0.15, -0.1) is 0 Å². The quantitative estimate of drug-likeness (QED) is 0.159. The van der Waals surface area contributed by atoms with Gasteiger partial charge in [0.2, 0.25) is 10.0 Å². The monoisotopic (exact) mass is 645 g/mol. The molecule has 0 atom stereocenters. The third kappa shape index (κ3) is 6.96. The van der Waals surface area contributed by atoms with Gasteiger partial charge < -0.3 is 14.0 Å². The highest BCUT2D eigenvalue weighted by Gasteiger charge is 2.35. The van der Waals surface area contributed by atoms with Crippen LogP contribution in [0.1, 0.15) is 18.4 Å². The normalized spacial score (nSPS) is 17.0. The van der Waals surface area contributed by atoms with Crippen LogP contribution in [0.25, 0.3) is 11.0 Å². The zero-order chi connectivity index (χ0) is 31.6. The molecule has 1 N–H and O–H groups in total. The highest BCUT2D eigenvalue weighted by atomic mass is 32.2. The molecule has 13 heteroatoms. The zero-order valence-electron chi connectivity index (χ0n) is 25.9. The third-order valence-corrected chi connectivity index (χ3v) is 11.2. The number of hydrazine groups is 1. The molecule has 0 saturated carbocycles. The predicted molar refractivity (Wildman–Crippen MR) is 180 cm³/mol. The van der Waals surface area contributed by atoms with Crippen molar-refractivity contribution in [2.75, 3.05) is 24.7 Å². The maximum Gasteiger partial charge on any atom is 0.235 e. The fourth-order valence-electron chi connectivity index (χ4n) is 5.49. The van der Waals surface area contributed by atoms with Crippen LogP contribution in [0.2, 0.25) is 25.7 Å². The average molecular weight is 646 g/mol. The lowest BCUT2D eigenvalue weighted by atomic mass is 10.0. The number of hydrogen-bond donors (Lipinski definition) is 1. The van der Waals surface area contributed by atoms with Crippen LogP contribution in [0, 0.1) is 0 Å². The van der Waals surface area contributed by atoms with E-state index in [1.165, 1.54) is 4.31 Å². The van der Waals surface area contributed by atoms with Gasteiger partial charge in [0.15, 0.2) is 11.7 Å². The summed E-state index contributed by atoms with van der Waals surface area (Å²) < 4.78 is 40.4. The number of nitrogens with one attached hydrogen (secondary N) is 1. The molecule has 4 aromatic rings. The molecule has 0 spiro atoms. The van der Waals surface area contributed by atoms with Gasteiger partial charge in [0.1, 0.15) is 30.2 Å². The van der Waals surface area contributed by atoms with Gasteiger partial charge in [-0.05, 0) is 55.3 Å². The van der Waals surface area contributed by atoms with Crippen LogP contribution >= 0.6 is 0 Å². The van der Waals surface area contributed by atoms with E-state index < -0.39 is 18.1 Å². The molecule has 1 fully saturated rings. The van der Waals surface area contributed by atoms with Crippen LogP contribution in [0.4, 0.5) is 11.5 Å². The maximum atomic E-state index is 12.4. The summed E-state index contributed by atoms with van der Waals surface area (Å²) in [5.74, 6) is 2.88. The van der Waals surface area contributed by atoms with Gasteiger partial charge in [-0.1, -0.05) is 44.4 Å². The van der Waals surface area contributed by atoms with Gasteiger partial charge in [0.25, 0.3) is 0 Å². The van der Waals surface area contributed by atoms with Crippen LogP contribution in [0.3, 0.4) is 0 Å². The Balaban J connectivity index is 1.32. The number of amidine groups is 1. The van der Waals surface area contributed by atoms with Crippen molar-refractivity contribution in [1.29, 1.82) is 0 Å². The molecule has 2 aromatic heterocycles. The number of piperidine rings is 1. The second kappa shape index (κ2) is 12.8. The van der Waals surface area contributed by atoms with Crippen molar-refractivity contribution < 1.29 is 17.9 Å². The van der Waals surface area contributed by atoms with Gasteiger partial charge in [-0.3, -0.25) is 10.4 Å². The fraction of sp³-hybridized carbons (Fsp3) is 0.344. The molecule has 6 rings (SSSR count). The molecule has 2 aliphatic rings. The number of aromatic nitrogens is 3. The highest BCUT2D eigenvalue weighted by Crippen LogP contribution is 2.35. The van der Waals surface area contributed by atoms with Crippen molar-refractivity contribution in [3.8, 4) is 11.5 Å². The molecule has 0 aliphatic carbocycles. The van der Waals surface area contributed by atoms with E-state index in [2.05, 4.69) is 36.6 Å². The number of aliphatic imine (C=N–C) groups is 1. The van der Waals surface area contributed by atoms with Crippen LogP contribution in [0.15, 0.2) is 84.1 Å². The summed E-state index contributed by atoms with van der Waals surface area (Å²) in [6.07, 6.45) is 4.81. The molecule has 4 heterocycles. The van der Waals surface area contributed by atoms with Crippen molar-refractivity contribution in [3.05, 3.63) is 84.7 Å². The number of ether oxygens (including phenoxy) is 2. The van der Waals surface area contributed by atoms with Crippen LogP contribution in [0.5, 0.6) is 11.5 Å². The number of anilines is 1. The van der Waals surface area contributed by atoms with E-state index in [1.54, 1.807) is 6.33 Å². The number of para-hydroxylation sites is 1. The summed E-state index contributed by atoms with van der Waals surface area (Å²) in [5, 5.41) is 3.92. The molecule has 0 unspecified atom stereocenters. The van der Waals surface area contributed by atoms with Crippen molar-refractivity contribution in [2.24, 2.45) is 4.99 Å². The highest BCUT2D eigenvalue weighted by molar-refractivity contribution is 7.92. The average Bonchev–Trinajstić information content (AvgIpc) is 3.41. The first-order valence-electron chi connectivity index (χ1n) is 15.1. The largest absolute Gasteiger partial charge is 0.457 e. The summed E-state index contributed by atoms with van der Waals surface area (Å²) in [6, 6.07) is 18.3. The second-order valence-electron chi connectivity index (χ2n) is 12.4. The van der Waals surface area contributed by atoms with Gasteiger partial charge in [-0.2, -0.15) is 4.31 Å². The second-order valence-corrected chi connectivity index (χ2v) is 20.0. The van der Waals surface area contributed by atoms with Gasteiger partial charge in [0, 0.05) is 44.9 Å². The lowest BCUT2D eigenvalue weighted by Gasteiger charge is -2.40. The van der Waals surface area contributed by atoms with Crippen molar-refractivity contribution in [2.45, 2.75) is 51.3 Å². The Bertz CT molecular complexity index is 1800. The van der Waals surface area contributed by atoms with E-state index in [0.717, 1.165) is 45.3 Å². The lowest BCUT2D eigenvalue weighted by molar-refractivity contribution is 0.0898. The van der Waals surface area contributed by atoms with Crippen molar-refractivity contribution in [1.82, 2.24) is 24.3 Å². The van der Waals surface area contributed by atoms with Crippen molar-refractivity contribution >= 4 is 46.5 Å². The standard InChI is InChI=1S/C32H39N7O4SSi/c1-5-44(40,41)38-17-15-25(16-18-38)39-32-29-28(21-37(31(29)33-22-34-32)23-42-19-20-45(2,3)4)30(36-39)35-24-11-13-27(14-12-24)43-26-9-7-6-8-10-26/h5-14,21-22,25H,1,15-20,23H2,2-4H3,(H,35,36). The van der Waals surface area contributed by atoms with E-state index in [1.807, 2.05) is 70.4 Å². The number of sulfonamides is 1. The summed E-state index contributed by atoms with van der Waals surface area (Å²) in [6.45, 7) is 12.3. The number of rotatable bonds is 11. The molecule has 0 amide bonds. The Morgan fingerprint density at radius 3 is 2.44 bits per heavy atom. The van der Waals surface area contributed by atoms with Gasteiger partial charge in [-0.25, -0.2) is 23.4 Å². The first kappa shape index (κ1) is 31.0. The minimum absolute atomic E-state index is 0.0179. The van der Waals surface area contributed by atoms with Gasteiger partial charge >= 0.3 is 0 Å². The van der Waals surface area contributed by atoms with E-state index in [9.17, 15) is 8.42 Å². The van der Waals surface area contributed by atoms with E-state index >= 15 is 0 Å². The summed E-state index contributed by atoms with van der Waals surface area (Å²) in [4.78, 5) is 14.4. The van der Waals surface area contributed by atoms with Crippen LogP contribution in [-0.2, 0) is 21.5 Å². The Morgan fingerprint density at radius 1 is 1.04 bits per heavy atom. The summed E-state index contributed by atoms with van der Waals surface area (Å²) >= 11 is 0. The van der Waals surface area contributed by atoms with E-state index in [-0.39, 0.29) is 6.04 Å². The zero-order valence-corrected chi connectivity index (χ0v) is 27.7. The molecule has 1 saturated heterocycles. The fourth-order valence-corrected chi connectivity index (χ4v) is 7.18. The molecule has 2 aliphatic heterocycles. The van der Waals surface area contributed by atoms with Crippen LogP contribution in [-0.4, -0.2) is 66.9 Å². The van der Waals surface area contributed by atoms with Crippen LogP contribution < -0.4 is 15.2 Å². The molecule has 45 heavy (non-hydrogen) atoms. The first-order chi connectivity index (χ1) is 21.6. The minimum atomic E-state index is -3.47. The summed E-state index contributed by atoms with van der Waals surface area (Å²) in [7, 11) is -4.70. The van der Waals surface area contributed by atoms with E-state index in [0.29, 0.717) is 50.9 Å². The topological polar surface area (TPSA) is 114 Å². The Morgan fingerprint density at radius 2 is 1.76 bits per heavy atom. The smallest absolute Gasteiger partial charge is 0.235 e. The predicted octanol–water partition coefficient (Wildman–Crippen LogP) is 5.88. The lowest BCUT2D eigenvalue weighted by Crippen LogP contribution is -2.55. The Hall–Kier alpha value is -4.04. The minimum Gasteiger partial charge on any atom is -0.457 e. The maximum absolute atomic E-state index is 12.4. The number of benzene rings is 2. The summed E-state index contributed by atoms with van der Waals surface area (Å²) in [5.41, 5.74) is 5.92. The number of hydrogen-bond acceptors (Lipinski definition) is 8. The molecule has 0 bridgehead atoms. The number of nitrogens with zero attached hydrogens (tertiary/aromatic N) is 6. The third-order valence-electron chi connectivity index (χ3n) is 7.99. The SMILES string of the molecule is C=CS(=O)(=O)N1CCC(N2NC(=Nc3ccc(Oc4ccccc4)cc3)c3cn(COCC[Si](C)(C)C)c4ncnc2c34)CC1. The van der Waals surface area contributed by atoms with Gasteiger partial charge in [0.05, 0.1) is 17.1 Å². The first-order valence-corrected chi connectivity index (χ1v) is 20.3. The molecular weight excluding hydrogens is 607 g/mol. The Labute approximate surface area is 265 Å². The molecule has 236 valence electrons. The molecular formula is C32H39N7O4SSi. The molecule has 11 nitrogen and oxygen atoms in total. The Kier molecular flexibility index (Phi) is 8.77. The molecule has 0 radical (unpaired) electrons. The van der Waals surface area contributed by atoms with E-state index in [4.69, 9.17) is 19.5 Å².